The van der Waals surface area contributed by atoms with Crippen LogP contribution in [0.3, 0.4) is 0 Å². The Morgan fingerprint density at radius 3 is 2.33 bits per heavy atom. The highest BCUT2D eigenvalue weighted by Crippen LogP contribution is 2.26. The minimum Gasteiger partial charge on any atom is -0.481 e. The van der Waals surface area contributed by atoms with Gasteiger partial charge in [-0.2, -0.15) is 0 Å². The Labute approximate surface area is 152 Å². The molecule has 0 atom stereocenters. The van der Waals surface area contributed by atoms with Crippen LogP contribution < -0.4 is 0 Å². The molecular weight excluding hydrogens is 356 g/mol. The first kappa shape index (κ1) is 17.9. The standard InChI is InChI=1S/C18H12N2O7/c21-15(22)6-7-19-17(24)13-5-4-11(9-14(13)18(19)25)16(23)10-2-1-3-12(8-10)20(26)27/h1-5,8-9H,6-7H2,(H,21,22). The highest BCUT2D eigenvalue weighted by molar-refractivity contribution is 6.22. The fourth-order valence-electron chi connectivity index (χ4n) is 2.77. The number of hydrogen-bond donors (Lipinski definition) is 1. The number of nitro benzene ring substituents is 1. The minimum atomic E-state index is -1.15. The van der Waals surface area contributed by atoms with Gasteiger partial charge in [0, 0.05) is 29.8 Å². The molecule has 0 unspecified atom stereocenters. The van der Waals surface area contributed by atoms with Crippen LogP contribution in [0.15, 0.2) is 42.5 Å². The lowest BCUT2D eigenvalue weighted by Gasteiger charge is -2.11. The summed E-state index contributed by atoms with van der Waals surface area (Å²) in [5.74, 6) is -2.98. The molecule has 0 saturated heterocycles. The maximum Gasteiger partial charge on any atom is 0.305 e. The van der Waals surface area contributed by atoms with Crippen molar-refractivity contribution < 1.29 is 29.2 Å². The Morgan fingerprint density at radius 1 is 1.00 bits per heavy atom. The Morgan fingerprint density at radius 2 is 1.67 bits per heavy atom. The van der Waals surface area contributed by atoms with Crippen LogP contribution in [0.5, 0.6) is 0 Å². The number of rotatable bonds is 6. The molecule has 27 heavy (non-hydrogen) atoms. The number of nitrogens with zero attached hydrogens (tertiary/aromatic N) is 2. The van der Waals surface area contributed by atoms with E-state index < -0.39 is 28.5 Å². The number of non-ortho nitro benzene ring substituents is 1. The molecule has 2 aromatic carbocycles. The number of amides is 2. The molecule has 0 fully saturated rings. The lowest BCUT2D eigenvalue weighted by molar-refractivity contribution is -0.384. The van der Waals surface area contributed by atoms with Crippen molar-refractivity contribution in [2.75, 3.05) is 6.54 Å². The average molecular weight is 368 g/mol. The molecule has 0 aliphatic carbocycles. The van der Waals surface area contributed by atoms with Crippen LogP contribution in [-0.4, -0.2) is 45.0 Å². The van der Waals surface area contributed by atoms with Crippen LogP contribution in [0, 0.1) is 10.1 Å². The van der Waals surface area contributed by atoms with Crippen molar-refractivity contribution in [3.05, 3.63) is 74.8 Å². The predicted octanol–water partition coefficient (Wildman–Crippen LogP) is 1.90. The van der Waals surface area contributed by atoms with Gasteiger partial charge in [-0.05, 0) is 12.1 Å². The summed E-state index contributed by atoms with van der Waals surface area (Å²) in [5.41, 5.74) is 0.00917. The monoisotopic (exact) mass is 368 g/mol. The molecule has 136 valence electrons. The van der Waals surface area contributed by atoms with Crippen LogP contribution in [0.2, 0.25) is 0 Å². The summed E-state index contributed by atoms with van der Waals surface area (Å²) < 4.78 is 0. The number of carbonyl (C=O) groups is 4. The molecule has 0 radical (unpaired) electrons. The first-order valence-electron chi connectivity index (χ1n) is 7.81. The zero-order valence-electron chi connectivity index (χ0n) is 13.7. The van der Waals surface area contributed by atoms with Crippen LogP contribution in [0.25, 0.3) is 0 Å². The number of carboxylic acid groups (broad SMARTS) is 1. The fraction of sp³-hybridized carbons (Fsp3) is 0.111. The number of ketones is 1. The third-order valence-electron chi connectivity index (χ3n) is 4.10. The van der Waals surface area contributed by atoms with Crippen LogP contribution >= 0.6 is 0 Å². The van der Waals surface area contributed by atoms with Gasteiger partial charge < -0.3 is 5.11 Å². The van der Waals surface area contributed by atoms with Gasteiger partial charge in [0.1, 0.15) is 0 Å². The van der Waals surface area contributed by atoms with E-state index in [1.54, 1.807) is 0 Å². The molecule has 0 spiro atoms. The van der Waals surface area contributed by atoms with Crippen molar-refractivity contribution in [1.82, 2.24) is 4.90 Å². The summed E-state index contributed by atoms with van der Waals surface area (Å²) in [6.45, 7) is -0.268. The van der Waals surface area contributed by atoms with Crippen LogP contribution in [0.1, 0.15) is 43.1 Å². The van der Waals surface area contributed by atoms with Gasteiger partial charge >= 0.3 is 5.97 Å². The largest absolute Gasteiger partial charge is 0.481 e. The average Bonchev–Trinajstić information content (AvgIpc) is 2.89. The number of carboxylic acids is 1. The molecule has 1 N–H and O–H groups in total. The van der Waals surface area contributed by atoms with Gasteiger partial charge in [0.15, 0.2) is 5.78 Å². The zero-order chi connectivity index (χ0) is 19.7. The molecule has 0 bridgehead atoms. The molecule has 1 aliphatic rings. The van der Waals surface area contributed by atoms with E-state index >= 15 is 0 Å². The Bertz CT molecular complexity index is 1010. The van der Waals surface area contributed by atoms with Gasteiger partial charge in [-0.15, -0.1) is 0 Å². The topological polar surface area (TPSA) is 135 Å². The normalized spacial score (nSPS) is 12.8. The van der Waals surface area contributed by atoms with Gasteiger partial charge in [0.2, 0.25) is 0 Å². The maximum atomic E-state index is 12.6. The number of aliphatic carboxylic acids is 1. The van der Waals surface area contributed by atoms with Gasteiger partial charge in [0.05, 0.1) is 22.5 Å². The van der Waals surface area contributed by atoms with E-state index in [-0.39, 0.29) is 40.9 Å². The molecule has 0 aromatic heterocycles. The minimum absolute atomic E-state index is 0.00155. The van der Waals surface area contributed by atoms with Gasteiger partial charge in [-0.3, -0.25) is 34.2 Å². The smallest absolute Gasteiger partial charge is 0.305 e. The second-order valence-corrected chi connectivity index (χ2v) is 5.80. The SMILES string of the molecule is O=C(O)CCN1C(=O)c2ccc(C(=O)c3cccc([N+](=O)[O-])c3)cc2C1=O. The lowest BCUT2D eigenvalue weighted by Crippen LogP contribution is -2.31. The first-order valence-corrected chi connectivity index (χ1v) is 7.81. The van der Waals surface area contributed by atoms with E-state index in [4.69, 9.17) is 5.11 Å². The maximum absolute atomic E-state index is 12.6. The summed E-state index contributed by atoms with van der Waals surface area (Å²) in [5, 5.41) is 19.6. The predicted molar refractivity (Wildman–Crippen MR) is 90.6 cm³/mol. The third kappa shape index (κ3) is 3.30. The molecule has 2 amide bonds. The van der Waals surface area contributed by atoms with Crippen molar-refractivity contribution in [2.24, 2.45) is 0 Å². The number of imide groups is 1. The van der Waals surface area contributed by atoms with Crippen molar-refractivity contribution >= 4 is 29.3 Å². The van der Waals surface area contributed by atoms with Crippen molar-refractivity contribution in [1.29, 1.82) is 0 Å². The fourth-order valence-corrected chi connectivity index (χ4v) is 2.77. The highest BCUT2D eigenvalue weighted by Gasteiger charge is 2.36. The van der Waals surface area contributed by atoms with E-state index in [1.165, 1.54) is 36.4 Å². The number of benzene rings is 2. The second-order valence-electron chi connectivity index (χ2n) is 5.80. The Kier molecular flexibility index (Phi) is 4.51. The van der Waals surface area contributed by atoms with Crippen molar-refractivity contribution in [3.63, 3.8) is 0 Å². The molecule has 2 aromatic rings. The molecule has 3 rings (SSSR count). The summed E-state index contributed by atoms with van der Waals surface area (Å²) in [7, 11) is 0. The lowest BCUT2D eigenvalue weighted by atomic mass is 9.99. The van der Waals surface area contributed by atoms with Crippen molar-refractivity contribution in [3.8, 4) is 0 Å². The summed E-state index contributed by atoms with van der Waals surface area (Å²) >= 11 is 0. The van der Waals surface area contributed by atoms with E-state index in [1.807, 2.05) is 0 Å². The molecule has 1 heterocycles. The van der Waals surface area contributed by atoms with Gasteiger partial charge in [0.25, 0.3) is 17.5 Å². The summed E-state index contributed by atoms with van der Waals surface area (Å²) in [6.07, 6.45) is -0.384. The number of nitro groups is 1. The zero-order valence-corrected chi connectivity index (χ0v) is 13.7. The van der Waals surface area contributed by atoms with Gasteiger partial charge in [-0.25, -0.2) is 0 Å². The summed E-state index contributed by atoms with van der Waals surface area (Å²) in [4.78, 5) is 59.0. The van der Waals surface area contributed by atoms with E-state index in [0.717, 1.165) is 11.0 Å². The highest BCUT2D eigenvalue weighted by atomic mass is 16.6. The van der Waals surface area contributed by atoms with E-state index in [9.17, 15) is 29.3 Å². The quantitative estimate of drug-likeness (QED) is 0.356. The van der Waals surface area contributed by atoms with Crippen LogP contribution in [0.4, 0.5) is 5.69 Å². The number of carbonyl (C=O) groups excluding carboxylic acids is 3. The third-order valence-corrected chi connectivity index (χ3v) is 4.10. The van der Waals surface area contributed by atoms with E-state index in [0.29, 0.717) is 0 Å². The van der Waals surface area contributed by atoms with E-state index in [2.05, 4.69) is 0 Å². The molecule has 0 saturated carbocycles. The molecule has 1 aliphatic heterocycles. The van der Waals surface area contributed by atoms with Crippen LogP contribution in [-0.2, 0) is 4.79 Å². The Hall–Kier alpha value is -3.88. The number of hydrogen-bond acceptors (Lipinski definition) is 6. The van der Waals surface area contributed by atoms with Crippen molar-refractivity contribution in [2.45, 2.75) is 6.42 Å². The molecular formula is C18H12N2O7. The number of fused-ring (bicyclic) bond motifs is 1. The summed E-state index contributed by atoms with van der Waals surface area (Å²) in [6, 6.07) is 9.09. The first-order chi connectivity index (χ1) is 12.8. The molecule has 9 heteroatoms. The second kappa shape index (κ2) is 6.79. The molecule has 9 nitrogen and oxygen atoms in total. The Balaban J connectivity index is 1.92. The van der Waals surface area contributed by atoms with Gasteiger partial charge in [-0.1, -0.05) is 18.2 Å².